The number of aromatic nitrogens is 6. The molecule has 4 unspecified atom stereocenters. The highest BCUT2D eigenvalue weighted by Gasteiger charge is 2.57. The van der Waals surface area contributed by atoms with Gasteiger partial charge < -0.3 is 73.3 Å². The van der Waals surface area contributed by atoms with Gasteiger partial charge in [-0.05, 0) is 96.4 Å². The van der Waals surface area contributed by atoms with Gasteiger partial charge >= 0.3 is 17.6 Å². The van der Waals surface area contributed by atoms with E-state index in [0.29, 0.717) is 140 Å². The Labute approximate surface area is 862 Å². The third-order valence-corrected chi connectivity index (χ3v) is 31.1. The van der Waals surface area contributed by atoms with Crippen molar-refractivity contribution in [3.05, 3.63) is 23.8 Å². The zero-order valence-corrected chi connectivity index (χ0v) is 97.9. The molecule has 141 heavy (non-hydrogen) atoms. The molecule has 0 N–H and O–H groups in total. The number of aliphatic imine (C=N–C) groups is 8. The molecule has 12 atom stereocenters. The molecule has 9 aliphatic rings. The summed E-state index contributed by atoms with van der Waals surface area (Å²) in [6, 6.07) is 5.01. The largest absolute Gasteiger partial charge is 0.503 e. The molecule has 11 rings (SSSR count). The van der Waals surface area contributed by atoms with Crippen LogP contribution in [0.5, 0.6) is 0 Å². The number of terminal acetylenes is 1. The Hall–Kier alpha value is -6.45. The van der Waals surface area contributed by atoms with Gasteiger partial charge in [0.1, 0.15) is 76.5 Å². The second kappa shape index (κ2) is 58.9. The molecule has 0 amide bonds. The van der Waals surface area contributed by atoms with Crippen LogP contribution in [0.15, 0.2) is 52.3 Å². The fourth-order valence-electron chi connectivity index (χ4n) is 13.8. The summed E-state index contributed by atoms with van der Waals surface area (Å²) < 4.78 is 99.8. The number of hydrogen-bond acceptors (Lipinski definition) is 31. The number of ether oxygens (including phenoxy) is 8. The summed E-state index contributed by atoms with van der Waals surface area (Å²) in [4.78, 5) is 43.7. The molecular formula is C104H207N17O16Si4. The van der Waals surface area contributed by atoms with Gasteiger partial charge in [-0.1, -0.05) is 306 Å². The van der Waals surface area contributed by atoms with Gasteiger partial charge in [0.25, 0.3) is 36.1 Å². The fraction of sp³-hybridized carbons (Fsp3) is 0.865. The van der Waals surface area contributed by atoms with E-state index in [-0.39, 0.29) is 146 Å². The van der Waals surface area contributed by atoms with E-state index in [1.54, 1.807) is 38.0 Å². The van der Waals surface area contributed by atoms with Gasteiger partial charge in [0.2, 0.25) is 0 Å². The number of hydrogen-bond donors (Lipinski definition) is 0. The van der Waals surface area contributed by atoms with E-state index in [4.69, 9.17) is 99.7 Å². The molecule has 0 aliphatic carbocycles. The van der Waals surface area contributed by atoms with Crippen molar-refractivity contribution in [3.63, 3.8) is 0 Å². The summed E-state index contributed by atoms with van der Waals surface area (Å²) in [5.41, 5.74) is 1.78. The van der Waals surface area contributed by atoms with Crippen LogP contribution in [0.4, 0.5) is 0 Å². The minimum Gasteiger partial charge on any atom is -0.478 e. The molecule has 1 fully saturated rings. The zero-order chi connectivity index (χ0) is 104. The molecule has 2 aromatic heterocycles. The average molecular weight is 2060 g/mol. The van der Waals surface area contributed by atoms with Crippen LogP contribution in [0.1, 0.15) is 321 Å². The summed E-state index contributed by atoms with van der Waals surface area (Å²) >= 11 is 0. The highest BCUT2D eigenvalue weighted by molar-refractivity contribution is 6.70. The molecule has 0 aromatic carbocycles. The summed E-state index contributed by atoms with van der Waals surface area (Å²) in [6.45, 7) is 93.1. The van der Waals surface area contributed by atoms with Gasteiger partial charge in [0.05, 0.1) is 99.0 Å². The summed E-state index contributed by atoms with van der Waals surface area (Å²) in [5.74, 6) is 4.18. The van der Waals surface area contributed by atoms with E-state index in [0.717, 1.165) is 23.2 Å². The minimum atomic E-state index is -3.11. The van der Waals surface area contributed by atoms with Crippen LogP contribution in [0.2, 0.25) is 51.4 Å². The van der Waals surface area contributed by atoms with Gasteiger partial charge in [0.15, 0.2) is 28.4 Å². The molecule has 37 heteroatoms. The van der Waals surface area contributed by atoms with Crippen molar-refractivity contribution < 1.29 is 73.3 Å². The molecule has 820 valence electrons. The molecule has 0 radical (unpaired) electrons. The second-order valence-electron chi connectivity index (χ2n) is 47.3. The molecule has 0 saturated carbocycles. The summed E-state index contributed by atoms with van der Waals surface area (Å²) in [7, 11) is -3.01. The van der Waals surface area contributed by atoms with Crippen molar-refractivity contribution in [3.8, 4) is 12.3 Å². The molecular weight excluding hydrogens is 1860 g/mol. The normalized spacial score (nSPS) is 23.0. The molecule has 2 aromatic rings. The summed E-state index contributed by atoms with van der Waals surface area (Å²) in [5, 5.41) is 17.6. The Morgan fingerprint density at radius 2 is 0.631 bits per heavy atom. The van der Waals surface area contributed by atoms with Gasteiger partial charge in [-0.15, -0.1) is 16.6 Å². The first-order chi connectivity index (χ1) is 63.3. The third kappa shape index (κ3) is 44.2. The van der Waals surface area contributed by atoms with Crippen molar-refractivity contribution in [2.75, 3.05) is 87.8 Å². The molecule has 1 saturated heterocycles. The van der Waals surface area contributed by atoms with Gasteiger partial charge in [0, 0.05) is 53.6 Å². The van der Waals surface area contributed by atoms with Crippen LogP contribution >= 0.6 is 0 Å². The zero-order valence-electron chi connectivity index (χ0n) is 93.9. The first kappa shape index (κ1) is 135. The quantitative estimate of drug-likeness (QED) is 0.0658. The third-order valence-electron chi connectivity index (χ3n) is 23.5. The number of rotatable bonds is 25. The van der Waals surface area contributed by atoms with Crippen molar-refractivity contribution in [1.29, 1.82) is 0 Å². The van der Waals surface area contributed by atoms with E-state index in [1.165, 1.54) is 38.5 Å². The lowest BCUT2D eigenvalue weighted by Crippen LogP contribution is -2.47. The Kier molecular flexibility index (Phi) is 56.2. The predicted molar refractivity (Wildman–Crippen MR) is 591 cm³/mol. The molecule has 0 bridgehead atoms. The van der Waals surface area contributed by atoms with Crippen LogP contribution in [0.3, 0.4) is 0 Å². The second-order valence-corrected chi connectivity index (χ2v) is 62.0. The topological polar surface area (TPSA) is 318 Å². The Morgan fingerprint density at radius 1 is 0.390 bits per heavy atom. The van der Waals surface area contributed by atoms with Gasteiger partial charge in [-0.3, -0.25) is 9.36 Å². The van der Waals surface area contributed by atoms with E-state index >= 15 is 0 Å². The van der Waals surface area contributed by atoms with Gasteiger partial charge in [-0.25, -0.2) is 54.6 Å². The lowest BCUT2D eigenvalue weighted by Gasteiger charge is -2.34. The van der Waals surface area contributed by atoms with Crippen molar-refractivity contribution in [2.24, 2.45) is 83.3 Å². The first-order valence-electron chi connectivity index (χ1n) is 50.4. The van der Waals surface area contributed by atoms with E-state index < -0.39 is 34.2 Å². The molecule has 33 nitrogen and oxygen atoms in total. The Morgan fingerprint density at radius 3 is 0.844 bits per heavy atom. The molecule has 0 spiro atoms. The highest BCUT2D eigenvalue weighted by atomic mass is 28.4. The van der Waals surface area contributed by atoms with E-state index in [9.17, 15) is 0 Å². The van der Waals surface area contributed by atoms with Crippen LogP contribution in [0.25, 0.3) is 0 Å². The lowest BCUT2D eigenvalue weighted by atomic mass is 9.88. The van der Waals surface area contributed by atoms with E-state index in [1.807, 2.05) is 26.9 Å². The monoisotopic (exact) mass is 2060 g/mol. The van der Waals surface area contributed by atoms with Crippen molar-refractivity contribution in [2.45, 2.75) is 460 Å². The fourth-order valence-corrected chi connectivity index (χ4v) is 20.6. The SMILES string of the molecule is C.C.C.C.C#CCN(C1=N[C@@H](C(C)(C)C)CO1)C1=N[C@@H](C(C)(C)C)CO1.CC(C)(C)[C@H]1COC(CC2=N[C@@H](C(C)(C)C)CO2)=N1.CCC.CCC.CCCC.CCCC.CO[Si](CCn1cc(CN(C2=N[C@@H](C(C)(C)C)CO2)C2=N[C@@H](C(C)(C)C)CO2)nn1)(OC)OC.CO[Si]1(CCn2cc(CN(C3=N[C@@H](C(C)(C)C)CO3)C3=N[C@@H](C(C)(C)C)CO3)nn2)OC(C(C)O[Si](C)(C)C)C(C(C)O[Si](C)(C)C)O1. The lowest BCUT2D eigenvalue weighted by molar-refractivity contribution is -0.00925. The molecule has 11 heterocycles. The first-order valence-corrected chi connectivity index (χ1v) is 61.1. The minimum absolute atomic E-state index is 0. The van der Waals surface area contributed by atoms with Crippen molar-refractivity contribution in [1.82, 2.24) is 44.7 Å². The van der Waals surface area contributed by atoms with Crippen LogP contribution < -0.4 is 0 Å². The smallest absolute Gasteiger partial charge is 0.478 e. The van der Waals surface area contributed by atoms with Gasteiger partial charge in [-0.2, -0.15) is 0 Å². The van der Waals surface area contributed by atoms with Crippen LogP contribution in [0, 0.1) is 55.7 Å². The van der Waals surface area contributed by atoms with E-state index in [2.05, 4.69) is 321 Å². The highest BCUT2D eigenvalue weighted by Crippen LogP contribution is 2.40. The Balaban J connectivity index is 0.00000184. The maximum absolute atomic E-state index is 6.75. The number of aryl methyl sites for hydroxylation is 2. The average Bonchev–Trinajstić information content (AvgIpc) is 1.63. The maximum Gasteiger partial charge on any atom is 0.503 e. The number of amidine groups is 6. The number of nitrogens with zero attached hydrogens (tertiary/aromatic N) is 17. The predicted octanol–water partition coefficient (Wildman–Crippen LogP) is 22.7. The maximum atomic E-state index is 6.75. The Bertz CT molecular complexity index is 4010. The number of unbranched alkanes of at least 4 members (excludes halogenated alkanes) is 2. The standard InChI is InChI=1S/C32H62N6O7Si3.C22H40N6O5Si.C17H27N3O2.C15H26N2O2.2C4H10.2C3H8.4CH4/c1-22(42-46(10,11)12)27-28(23(2)43-47(13,14)15)45-48(39-9,44-27)17-16-37-18-24(35-36-37)19-38(29-33-25(20-40-29)31(3,4)5)30-34-26(21-41-30)32(6,7)8;1-21(2,3)17-14-32-19(23-17)28(20-24-18(15-33-20)22(4,5)6)13-16-12-27(26-25-16)10-11-34(29-7,30-8)31-9;1-8-9-20(14-18-12(10-21-14)16(2,3)4)15-19-13(11-22-15)17(5,6)7;1-14(2,3)10-8-18-12(16-10)7-13-17-11(9-19-13)15(4,5)6;2*1-3-4-2;2*1-3-2;;;;/h18,22-23,25-28H,16-17,19-21H2,1-15H3;12,17-18H,10-11,13-15H2,1-9H3;1,12-13H,9-11H2,2-7H3;10-11H,7-9H2,1-6H3;2*3-4H2,1-2H3;2*3H2,1-2H3;4*1H4/t22?,23?,25-,26-,27?,28?,48?;17-,18-;12-,13-;10-,11-;;;;;;;;/m1111......../s1. The van der Waals surface area contributed by atoms with Crippen LogP contribution in [-0.4, -0.2) is 287 Å². The van der Waals surface area contributed by atoms with Crippen LogP contribution in [-0.2, 0) is 99.5 Å². The summed E-state index contributed by atoms with van der Waals surface area (Å²) in [6.07, 6.45) is 16.7. The van der Waals surface area contributed by atoms with Crippen molar-refractivity contribution >= 4 is 82.2 Å². The molecule has 9 aliphatic heterocycles.